The van der Waals surface area contributed by atoms with Gasteiger partial charge in [0.25, 0.3) is 11.8 Å². The molecule has 2 aliphatic heterocycles. The number of unbranched alkanes of at least 4 members (excludes halogenated alkanes) is 2. The minimum absolute atomic E-state index is 0.0198. The van der Waals surface area contributed by atoms with E-state index in [1.165, 1.54) is 12.2 Å². The van der Waals surface area contributed by atoms with Gasteiger partial charge >= 0.3 is 12.2 Å². The zero-order chi connectivity index (χ0) is 54.5. The molecule has 3 aliphatic carbocycles. The molecule has 7 amide bonds. The fraction of sp³-hybridized carbons (Fsp3) is 0.618. The molecular formula is C55H76N6O14. The Morgan fingerprint density at radius 1 is 0.947 bits per heavy atom. The molecule has 4 fully saturated rings. The Labute approximate surface area is 438 Å². The molecule has 2 heterocycles. The fourth-order valence-electron chi connectivity index (χ4n) is 11.7. The highest BCUT2D eigenvalue weighted by Crippen LogP contribution is 2.67. The number of primary amides is 1. The first-order chi connectivity index (χ1) is 35.8. The zero-order valence-electron chi connectivity index (χ0n) is 43.9. The van der Waals surface area contributed by atoms with Crippen LogP contribution in [0.2, 0.25) is 0 Å². The van der Waals surface area contributed by atoms with Crippen molar-refractivity contribution in [1.29, 1.82) is 0 Å². The van der Waals surface area contributed by atoms with Crippen molar-refractivity contribution in [2.45, 2.75) is 167 Å². The highest BCUT2D eigenvalue weighted by atomic mass is 16.8. The second kappa shape index (κ2) is 26.5. The molecule has 1 aromatic rings. The molecule has 3 saturated carbocycles. The average molecular weight is 1050 g/mol. The molecule has 0 spiro atoms. The maximum atomic E-state index is 14.5. The van der Waals surface area contributed by atoms with Crippen molar-refractivity contribution in [3.8, 4) is 0 Å². The number of carbonyl (C=O) groups is 9. The normalized spacial score (nSPS) is 27.1. The molecule has 2 unspecified atom stereocenters. The van der Waals surface area contributed by atoms with Gasteiger partial charge in [0.15, 0.2) is 24.3 Å². The van der Waals surface area contributed by atoms with Crippen molar-refractivity contribution in [3.05, 3.63) is 65.8 Å². The van der Waals surface area contributed by atoms with Crippen LogP contribution in [0.3, 0.4) is 0 Å². The summed E-state index contributed by atoms with van der Waals surface area (Å²) >= 11 is 0. The van der Waals surface area contributed by atoms with Crippen molar-refractivity contribution in [3.63, 3.8) is 0 Å². The summed E-state index contributed by atoms with van der Waals surface area (Å²) in [7, 11) is 0. The van der Waals surface area contributed by atoms with Gasteiger partial charge in [-0.2, -0.15) is 0 Å². The summed E-state index contributed by atoms with van der Waals surface area (Å²) in [6, 6.07) is 3.56. The summed E-state index contributed by atoms with van der Waals surface area (Å²) in [6.45, 7) is 8.98. The van der Waals surface area contributed by atoms with Crippen molar-refractivity contribution in [2.24, 2.45) is 34.8 Å². The first kappa shape index (κ1) is 58.0. The number of anilines is 1. The van der Waals surface area contributed by atoms with E-state index < -0.39 is 78.0 Å². The molecule has 1 aromatic carbocycles. The molecule has 0 aromatic heterocycles. The number of amides is 7. The van der Waals surface area contributed by atoms with Gasteiger partial charge in [-0.05, 0) is 124 Å². The number of ether oxygens (including phenoxy) is 4. The summed E-state index contributed by atoms with van der Waals surface area (Å²) in [6.07, 6.45) is 11.5. The minimum atomic E-state index is -1.46. The van der Waals surface area contributed by atoms with Crippen LogP contribution in [0.4, 0.5) is 15.3 Å². The first-order valence-corrected chi connectivity index (χ1v) is 26.6. The van der Waals surface area contributed by atoms with Gasteiger partial charge in [0, 0.05) is 42.8 Å². The van der Waals surface area contributed by atoms with E-state index in [0.717, 1.165) is 29.7 Å². The van der Waals surface area contributed by atoms with Crippen LogP contribution in [-0.4, -0.2) is 119 Å². The Morgan fingerprint density at radius 2 is 1.68 bits per heavy atom. The highest BCUT2D eigenvalue weighted by molar-refractivity contribution is 6.12. The largest absolute Gasteiger partial charge is 0.509 e. The summed E-state index contributed by atoms with van der Waals surface area (Å²) in [5, 5.41) is 22.5. The Balaban J connectivity index is 1.01. The molecule has 6 rings (SSSR count). The maximum absolute atomic E-state index is 14.5. The Kier molecular flexibility index (Phi) is 20.5. The third-order valence-electron chi connectivity index (χ3n) is 15.5. The lowest BCUT2D eigenvalue weighted by atomic mass is 9.52. The number of urea groups is 1. The van der Waals surface area contributed by atoms with E-state index in [9.17, 15) is 48.3 Å². The molecule has 7 N–H and O–H groups in total. The number of imide groups is 1. The van der Waals surface area contributed by atoms with E-state index in [-0.39, 0.29) is 92.6 Å². The molecule has 20 nitrogen and oxygen atoms in total. The number of nitrogens with zero attached hydrogens (tertiary/aromatic N) is 1. The highest BCUT2D eigenvalue weighted by Gasteiger charge is 2.75. The quantitative estimate of drug-likeness (QED) is 0.0295. The van der Waals surface area contributed by atoms with Crippen LogP contribution in [0.25, 0.3) is 0 Å². The van der Waals surface area contributed by atoms with Crippen LogP contribution in [0, 0.1) is 29.1 Å². The van der Waals surface area contributed by atoms with Crippen LogP contribution in [0.5, 0.6) is 0 Å². The number of carbonyl (C=O) groups excluding carboxylic acids is 9. The number of nitrogens with one attached hydrogen (secondary N) is 4. The second-order valence-corrected chi connectivity index (χ2v) is 21.0. The molecule has 0 radical (unpaired) electrons. The summed E-state index contributed by atoms with van der Waals surface area (Å²) in [5.41, 5.74) is 4.83. The predicted molar refractivity (Wildman–Crippen MR) is 274 cm³/mol. The number of aliphatic hydroxyl groups excluding tert-OH is 1. The average Bonchev–Trinajstić information content (AvgIpc) is 3.99. The zero-order valence-corrected chi connectivity index (χ0v) is 43.9. The molecule has 10 atom stereocenters. The van der Waals surface area contributed by atoms with Crippen LogP contribution in [-0.2, 0) is 59.1 Å². The van der Waals surface area contributed by atoms with E-state index in [0.29, 0.717) is 56.2 Å². The van der Waals surface area contributed by atoms with E-state index >= 15 is 0 Å². The van der Waals surface area contributed by atoms with Gasteiger partial charge in [-0.3, -0.25) is 38.5 Å². The lowest BCUT2D eigenvalue weighted by molar-refractivity contribution is -0.195. The molecule has 410 valence electrons. The molecular weight excluding hydrogens is 969 g/mol. The number of benzene rings is 1. The topological polar surface area (TPSA) is 288 Å². The second-order valence-electron chi connectivity index (χ2n) is 21.0. The van der Waals surface area contributed by atoms with Gasteiger partial charge in [-0.15, -0.1) is 0 Å². The smallest absolute Gasteiger partial charge is 0.429 e. The first-order valence-electron chi connectivity index (χ1n) is 26.6. The number of rotatable bonds is 26. The van der Waals surface area contributed by atoms with Crippen LogP contribution in [0.15, 0.2) is 60.2 Å². The van der Waals surface area contributed by atoms with Crippen LogP contribution >= 0.6 is 0 Å². The molecule has 0 bridgehead atoms. The number of nitrogens with two attached hydrogens (primary N) is 1. The predicted octanol–water partition coefficient (Wildman–Crippen LogP) is 5.36. The number of Topliss-reactive ketones (excluding diaryl/α,β-unsaturated/α-hetero) is 1. The van der Waals surface area contributed by atoms with Crippen molar-refractivity contribution in [1.82, 2.24) is 20.9 Å². The SMILES string of the molecule is CC/C=C\C(=O)/C=C1/CC[C@@H]2[C@@H](C1)[C@@H](O)CC1(C)[C@H]2C[C@H]2OC(CCC)O[C@]21C(=O)COC(=O)OCc1ccc(NC(=O)[C@H](CCCNC(N)=O)NC(=O)[C@@H](NC(=O)CCCCCN2C(=O)C=CC2=O)C(C)C)cc1. The van der Waals surface area contributed by atoms with Gasteiger partial charge in [0.05, 0.1) is 12.2 Å². The van der Waals surface area contributed by atoms with E-state index in [2.05, 4.69) is 21.3 Å². The Hall–Kier alpha value is -6.25. The van der Waals surface area contributed by atoms with Crippen molar-refractivity contribution >= 4 is 59.0 Å². The fourth-order valence-corrected chi connectivity index (χ4v) is 11.7. The van der Waals surface area contributed by atoms with E-state index in [1.54, 1.807) is 50.3 Å². The summed E-state index contributed by atoms with van der Waals surface area (Å²) < 4.78 is 23.9. The summed E-state index contributed by atoms with van der Waals surface area (Å²) in [5.74, 6) is -3.16. The van der Waals surface area contributed by atoms with Gasteiger partial charge in [0.2, 0.25) is 23.5 Å². The van der Waals surface area contributed by atoms with Gasteiger partial charge in [0.1, 0.15) is 18.7 Å². The van der Waals surface area contributed by atoms with Crippen molar-refractivity contribution in [2.75, 3.05) is 25.0 Å². The standard InChI is InChI=1S/C55H76N6O14/c1-6-8-14-37(62)27-35-19-22-38-39(28-35)42(63)30-54(5)40(38)29-44-55(54,75-48(74-44)13-7-2)43(64)32-73-53(71)72-31-34-17-20-36(21-18-34)58-50(68)41(15-12-25-57-52(56)70)59-51(69)49(33(3)4)60-45(65)16-10-9-11-26-61-46(66)23-24-47(61)67/h8,14,17-18,20-21,23-24,27,33,38-42,44,48-49,63H,6-7,9-13,15-16,19,22,25-26,28-32H2,1-5H3,(H,58,68)(H,59,69)(H,60,65)(H3,56,57,70)/b14-8-,35-27-/t38-,39-,40+,41+,42+,44-,48?,49+,54?,55-/m1/s1. The van der Waals surface area contributed by atoms with Gasteiger partial charge in [-0.1, -0.05) is 71.2 Å². The Morgan fingerprint density at radius 3 is 2.36 bits per heavy atom. The van der Waals surface area contributed by atoms with E-state index in [4.69, 9.17) is 24.7 Å². The number of hydrogen-bond acceptors (Lipinski definition) is 14. The summed E-state index contributed by atoms with van der Waals surface area (Å²) in [4.78, 5) is 116. The van der Waals surface area contributed by atoms with Crippen LogP contribution < -0.4 is 27.0 Å². The third kappa shape index (κ3) is 14.4. The number of ketones is 2. The monoisotopic (exact) mass is 1040 g/mol. The molecule has 20 heteroatoms. The Bertz CT molecular complexity index is 2350. The van der Waals surface area contributed by atoms with Gasteiger partial charge < -0.3 is 51.1 Å². The lowest BCUT2D eigenvalue weighted by Crippen LogP contribution is -2.62. The third-order valence-corrected chi connectivity index (χ3v) is 15.5. The molecule has 1 saturated heterocycles. The number of allylic oxidation sites excluding steroid dienone is 4. The van der Waals surface area contributed by atoms with Gasteiger partial charge in [-0.25, -0.2) is 9.59 Å². The molecule has 5 aliphatic rings. The number of aliphatic hydroxyl groups is 1. The van der Waals surface area contributed by atoms with Crippen LogP contribution in [0.1, 0.15) is 130 Å². The maximum Gasteiger partial charge on any atom is 0.509 e. The van der Waals surface area contributed by atoms with Crippen molar-refractivity contribution < 1.29 is 67.2 Å². The van der Waals surface area contributed by atoms with E-state index in [1.807, 2.05) is 26.8 Å². The number of hydrogen-bond donors (Lipinski definition) is 6. The number of fused-ring (bicyclic) bond motifs is 5. The minimum Gasteiger partial charge on any atom is -0.429 e. The molecule has 75 heavy (non-hydrogen) atoms. The lowest BCUT2D eigenvalue weighted by Gasteiger charge is -2.55.